The highest BCUT2D eigenvalue weighted by atomic mass is 35.5. The van der Waals surface area contributed by atoms with Crippen molar-refractivity contribution >= 4 is 35.4 Å². The molecule has 2 rings (SSSR count). The number of aromatic nitrogens is 1. The summed E-state index contributed by atoms with van der Waals surface area (Å²) >= 11 is 6.02. The molecule has 0 radical (unpaired) electrons. The first-order chi connectivity index (χ1) is 12.8. The van der Waals surface area contributed by atoms with Crippen LogP contribution in [0.1, 0.15) is 44.6 Å². The number of halogens is 1. The maximum atomic E-state index is 12.6. The van der Waals surface area contributed by atoms with Gasteiger partial charge in [0.1, 0.15) is 0 Å². The second-order valence-electron chi connectivity index (χ2n) is 5.91. The zero-order valence-corrected chi connectivity index (χ0v) is 16.2. The molecule has 27 heavy (non-hydrogen) atoms. The van der Waals surface area contributed by atoms with Crippen molar-refractivity contribution in [3.05, 3.63) is 63.4 Å². The Morgan fingerprint density at radius 3 is 2.48 bits per heavy atom. The molecule has 1 atom stereocenters. The molecule has 1 aromatic carbocycles. The Labute approximate surface area is 162 Å². The van der Waals surface area contributed by atoms with Crippen LogP contribution in [0.15, 0.2) is 30.3 Å². The Balaban J connectivity index is 2.11. The van der Waals surface area contributed by atoms with Gasteiger partial charge in [-0.25, -0.2) is 9.59 Å². The van der Waals surface area contributed by atoms with Crippen molar-refractivity contribution in [2.45, 2.75) is 26.9 Å². The van der Waals surface area contributed by atoms with E-state index in [0.717, 1.165) is 0 Å². The average molecular weight is 390 g/mol. The SMILES string of the molecule is COC(=O)c1c(C)[nH]c(C(=O)[C@@H](C)OC(=O)/C=C/c2ccccc2Cl)c1C. The highest BCUT2D eigenvalue weighted by Crippen LogP contribution is 2.21. The van der Waals surface area contributed by atoms with Gasteiger partial charge in [0.15, 0.2) is 6.10 Å². The van der Waals surface area contributed by atoms with Crippen LogP contribution in [0, 0.1) is 13.8 Å². The second-order valence-corrected chi connectivity index (χ2v) is 6.32. The van der Waals surface area contributed by atoms with Gasteiger partial charge >= 0.3 is 11.9 Å². The van der Waals surface area contributed by atoms with Gasteiger partial charge in [-0.05, 0) is 44.0 Å². The molecule has 0 bridgehead atoms. The van der Waals surface area contributed by atoms with Crippen LogP contribution in [-0.4, -0.2) is 35.9 Å². The summed E-state index contributed by atoms with van der Waals surface area (Å²) < 4.78 is 9.89. The first-order valence-electron chi connectivity index (χ1n) is 8.21. The lowest BCUT2D eigenvalue weighted by molar-refractivity contribution is -0.140. The summed E-state index contributed by atoms with van der Waals surface area (Å²) in [5, 5.41) is 0.499. The normalized spacial score (nSPS) is 12.0. The minimum atomic E-state index is -1.03. The predicted octanol–water partition coefficient (Wildman–Crippen LogP) is 3.90. The largest absolute Gasteiger partial charge is 0.465 e. The molecule has 0 saturated carbocycles. The van der Waals surface area contributed by atoms with Crippen LogP contribution in [0.5, 0.6) is 0 Å². The average Bonchev–Trinajstić information content (AvgIpc) is 2.94. The van der Waals surface area contributed by atoms with E-state index in [1.807, 2.05) is 0 Å². The molecular weight excluding hydrogens is 370 g/mol. The van der Waals surface area contributed by atoms with E-state index in [2.05, 4.69) is 4.98 Å². The van der Waals surface area contributed by atoms with Gasteiger partial charge < -0.3 is 14.5 Å². The number of H-pyrrole nitrogens is 1. The van der Waals surface area contributed by atoms with E-state index in [4.69, 9.17) is 21.1 Å². The molecule has 0 amide bonds. The van der Waals surface area contributed by atoms with Gasteiger partial charge in [-0.2, -0.15) is 0 Å². The zero-order valence-electron chi connectivity index (χ0n) is 15.5. The van der Waals surface area contributed by atoms with Crippen molar-refractivity contribution < 1.29 is 23.9 Å². The van der Waals surface area contributed by atoms with Crippen molar-refractivity contribution in [2.24, 2.45) is 0 Å². The molecule has 7 heteroatoms. The monoisotopic (exact) mass is 389 g/mol. The Morgan fingerprint density at radius 1 is 1.19 bits per heavy atom. The van der Waals surface area contributed by atoms with Gasteiger partial charge in [-0.15, -0.1) is 0 Å². The standard InChI is InChI=1S/C20H20ClNO5/c1-11-17(20(25)26-4)12(2)22-18(11)19(24)13(3)27-16(23)10-9-14-7-5-6-8-15(14)21/h5-10,13,22H,1-4H3/b10-9+/t13-/m1/s1. The fourth-order valence-corrected chi connectivity index (χ4v) is 2.84. The van der Waals surface area contributed by atoms with Crippen molar-refractivity contribution in [3.8, 4) is 0 Å². The molecule has 0 spiro atoms. The molecule has 0 aliphatic carbocycles. The molecule has 1 aromatic heterocycles. The number of carbonyl (C=O) groups is 3. The lowest BCUT2D eigenvalue weighted by Gasteiger charge is -2.10. The number of esters is 2. The zero-order chi connectivity index (χ0) is 20.1. The molecule has 142 valence electrons. The Hall–Kier alpha value is -2.86. The first-order valence-corrected chi connectivity index (χ1v) is 8.59. The third-order valence-corrected chi connectivity index (χ3v) is 4.38. The summed E-state index contributed by atoms with van der Waals surface area (Å²) in [5.74, 6) is -1.65. The number of benzene rings is 1. The summed E-state index contributed by atoms with van der Waals surface area (Å²) in [5.41, 5.74) is 2.15. The molecule has 0 unspecified atom stereocenters. The number of nitrogens with one attached hydrogen (secondary N) is 1. The van der Waals surface area contributed by atoms with Gasteiger partial charge in [0.25, 0.3) is 0 Å². The Bertz CT molecular complexity index is 913. The quantitative estimate of drug-likeness (QED) is 0.460. The van der Waals surface area contributed by atoms with Crippen molar-refractivity contribution in [2.75, 3.05) is 7.11 Å². The Morgan fingerprint density at radius 2 is 1.85 bits per heavy atom. The number of aryl methyl sites for hydroxylation is 1. The number of ketones is 1. The number of ether oxygens (including phenoxy) is 2. The van der Waals surface area contributed by atoms with Crippen LogP contribution >= 0.6 is 11.6 Å². The number of methoxy groups -OCH3 is 1. The molecule has 1 heterocycles. The van der Waals surface area contributed by atoms with Crippen molar-refractivity contribution in [3.63, 3.8) is 0 Å². The van der Waals surface area contributed by atoms with Crippen LogP contribution in [0.3, 0.4) is 0 Å². The van der Waals surface area contributed by atoms with E-state index in [1.165, 1.54) is 26.2 Å². The van der Waals surface area contributed by atoms with Gasteiger partial charge in [0.2, 0.25) is 5.78 Å². The highest BCUT2D eigenvalue weighted by molar-refractivity contribution is 6.32. The van der Waals surface area contributed by atoms with Gasteiger partial charge in [0, 0.05) is 16.8 Å². The lowest BCUT2D eigenvalue weighted by atomic mass is 10.1. The van der Waals surface area contributed by atoms with Gasteiger partial charge in [-0.3, -0.25) is 4.79 Å². The summed E-state index contributed by atoms with van der Waals surface area (Å²) in [7, 11) is 1.27. The molecule has 0 saturated heterocycles. The molecule has 1 N–H and O–H groups in total. The van der Waals surface area contributed by atoms with Crippen LogP contribution < -0.4 is 0 Å². The number of carbonyl (C=O) groups excluding carboxylic acids is 3. The fraction of sp³-hybridized carbons (Fsp3) is 0.250. The van der Waals surface area contributed by atoms with Crippen molar-refractivity contribution in [1.29, 1.82) is 0 Å². The van der Waals surface area contributed by atoms with E-state index in [0.29, 0.717) is 27.4 Å². The van der Waals surface area contributed by atoms with E-state index < -0.39 is 23.8 Å². The number of rotatable bonds is 6. The number of hydrogen-bond acceptors (Lipinski definition) is 5. The summed E-state index contributed by atoms with van der Waals surface area (Å²) in [6.45, 7) is 4.77. The minimum Gasteiger partial charge on any atom is -0.465 e. The fourth-order valence-electron chi connectivity index (χ4n) is 2.64. The summed E-state index contributed by atoms with van der Waals surface area (Å²) in [6, 6.07) is 7.02. The number of aromatic amines is 1. The second kappa shape index (κ2) is 8.68. The smallest absolute Gasteiger partial charge is 0.339 e. The highest BCUT2D eigenvalue weighted by Gasteiger charge is 2.26. The molecule has 0 aliphatic heterocycles. The van der Waals surface area contributed by atoms with E-state index in [1.54, 1.807) is 38.1 Å². The van der Waals surface area contributed by atoms with Crippen LogP contribution in [-0.2, 0) is 14.3 Å². The molecule has 6 nitrogen and oxygen atoms in total. The van der Waals surface area contributed by atoms with E-state index in [9.17, 15) is 14.4 Å². The third kappa shape index (κ3) is 4.65. The van der Waals surface area contributed by atoms with Crippen LogP contribution in [0.4, 0.5) is 0 Å². The summed E-state index contributed by atoms with van der Waals surface area (Å²) in [6.07, 6.45) is 1.69. The third-order valence-electron chi connectivity index (χ3n) is 4.04. The predicted molar refractivity (Wildman–Crippen MR) is 102 cm³/mol. The van der Waals surface area contributed by atoms with E-state index in [-0.39, 0.29) is 5.69 Å². The van der Waals surface area contributed by atoms with Gasteiger partial charge in [-0.1, -0.05) is 29.8 Å². The van der Waals surface area contributed by atoms with Gasteiger partial charge in [0.05, 0.1) is 18.4 Å². The maximum Gasteiger partial charge on any atom is 0.339 e. The summed E-state index contributed by atoms with van der Waals surface area (Å²) in [4.78, 5) is 39.3. The molecular formula is C20H20ClNO5. The van der Waals surface area contributed by atoms with Crippen molar-refractivity contribution in [1.82, 2.24) is 4.98 Å². The first kappa shape index (κ1) is 20.5. The minimum absolute atomic E-state index is 0.211. The molecule has 0 aliphatic rings. The lowest BCUT2D eigenvalue weighted by Crippen LogP contribution is -2.24. The molecule has 0 fully saturated rings. The Kier molecular flexibility index (Phi) is 6.58. The van der Waals surface area contributed by atoms with Crippen LogP contribution in [0.25, 0.3) is 6.08 Å². The van der Waals surface area contributed by atoms with E-state index >= 15 is 0 Å². The maximum absolute atomic E-state index is 12.6. The van der Waals surface area contributed by atoms with Crippen LogP contribution in [0.2, 0.25) is 5.02 Å². The molecule has 2 aromatic rings. The number of Topliss-reactive ketones (excluding diaryl/α,β-unsaturated/α-hetero) is 1. The topological polar surface area (TPSA) is 85.5 Å². The number of hydrogen-bond donors (Lipinski definition) is 1.